The minimum atomic E-state index is -4.03. The van der Waals surface area contributed by atoms with E-state index in [4.69, 9.17) is 0 Å². The third-order valence-electron chi connectivity index (χ3n) is 5.14. The minimum Gasteiger partial charge on any atom is -0.325 e. The first kappa shape index (κ1) is 23.6. The number of sulfonamides is 1. The molecule has 0 radical (unpaired) electrons. The van der Waals surface area contributed by atoms with Crippen LogP contribution in [0.4, 0.5) is 10.1 Å². The SMILES string of the molecule is Cc1ccc(S(=O)(=O)N(CC(=O)Nc2ccc(C(C)C)cc2)Cc2ccccc2F)cc1. The van der Waals surface area contributed by atoms with E-state index in [1.807, 2.05) is 19.1 Å². The summed E-state index contributed by atoms with van der Waals surface area (Å²) in [6, 6.07) is 19.7. The van der Waals surface area contributed by atoms with Gasteiger partial charge in [-0.25, -0.2) is 12.8 Å². The lowest BCUT2D eigenvalue weighted by atomic mass is 10.0. The fourth-order valence-corrected chi connectivity index (χ4v) is 4.59. The maximum atomic E-state index is 14.3. The Balaban J connectivity index is 1.85. The molecule has 0 heterocycles. The van der Waals surface area contributed by atoms with Gasteiger partial charge in [0.05, 0.1) is 11.4 Å². The Labute approximate surface area is 188 Å². The summed E-state index contributed by atoms with van der Waals surface area (Å²) in [6.45, 7) is 5.29. The van der Waals surface area contributed by atoms with Crippen LogP contribution in [0.5, 0.6) is 0 Å². The van der Waals surface area contributed by atoms with Crippen molar-refractivity contribution in [2.45, 2.75) is 38.1 Å². The van der Waals surface area contributed by atoms with Gasteiger partial charge in [0.2, 0.25) is 15.9 Å². The number of carbonyl (C=O) groups excluding carboxylic acids is 1. The van der Waals surface area contributed by atoms with Gasteiger partial charge < -0.3 is 5.32 Å². The van der Waals surface area contributed by atoms with E-state index in [0.717, 1.165) is 15.4 Å². The van der Waals surface area contributed by atoms with Gasteiger partial charge in [0.25, 0.3) is 0 Å². The maximum Gasteiger partial charge on any atom is 0.243 e. The van der Waals surface area contributed by atoms with Crippen molar-refractivity contribution in [1.29, 1.82) is 0 Å². The molecule has 0 spiro atoms. The number of halogens is 1. The molecule has 0 saturated heterocycles. The number of hydrogen-bond donors (Lipinski definition) is 1. The molecular formula is C25H27FN2O3S. The highest BCUT2D eigenvalue weighted by atomic mass is 32.2. The van der Waals surface area contributed by atoms with Crippen LogP contribution in [0.15, 0.2) is 77.7 Å². The Morgan fingerprint density at radius 3 is 2.19 bits per heavy atom. The van der Waals surface area contributed by atoms with Crippen molar-refractivity contribution in [1.82, 2.24) is 4.31 Å². The molecule has 3 rings (SSSR count). The van der Waals surface area contributed by atoms with Crippen LogP contribution in [-0.4, -0.2) is 25.2 Å². The van der Waals surface area contributed by atoms with Crippen LogP contribution in [0.3, 0.4) is 0 Å². The van der Waals surface area contributed by atoms with E-state index in [2.05, 4.69) is 19.2 Å². The Hall–Kier alpha value is -3.03. The summed E-state index contributed by atoms with van der Waals surface area (Å²) in [6.07, 6.45) is 0. The van der Waals surface area contributed by atoms with Crippen LogP contribution in [-0.2, 0) is 21.4 Å². The molecule has 168 valence electrons. The Morgan fingerprint density at radius 1 is 0.969 bits per heavy atom. The first-order valence-electron chi connectivity index (χ1n) is 10.4. The molecule has 5 nitrogen and oxygen atoms in total. The zero-order chi connectivity index (χ0) is 23.3. The Morgan fingerprint density at radius 2 is 1.59 bits per heavy atom. The van der Waals surface area contributed by atoms with Crippen LogP contribution in [0.1, 0.15) is 36.5 Å². The quantitative estimate of drug-likeness (QED) is 0.516. The van der Waals surface area contributed by atoms with Gasteiger partial charge in [-0.2, -0.15) is 4.31 Å². The molecule has 0 atom stereocenters. The van der Waals surface area contributed by atoms with Crippen molar-refractivity contribution in [3.8, 4) is 0 Å². The number of nitrogens with one attached hydrogen (secondary N) is 1. The number of hydrogen-bond acceptors (Lipinski definition) is 3. The van der Waals surface area contributed by atoms with E-state index in [1.165, 1.54) is 30.3 Å². The fourth-order valence-electron chi connectivity index (χ4n) is 3.21. The van der Waals surface area contributed by atoms with Crippen molar-refractivity contribution in [3.63, 3.8) is 0 Å². The predicted octanol–water partition coefficient (Wildman–Crippen LogP) is 5.09. The van der Waals surface area contributed by atoms with Crippen molar-refractivity contribution in [3.05, 3.63) is 95.3 Å². The van der Waals surface area contributed by atoms with E-state index in [0.29, 0.717) is 11.6 Å². The molecule has 0 bridgehead atoms. The highest BCUT2D eigenvalue weighted by Crippen LogP contribution is 2.21. The summed E-state index contributed by atoms with van der Waals surface area (Å²) < 4.78 is 41.8. The van der Waals surface area contributed by atoms with E-state index in [9.17, 15) is 17.6 Å². The summed E-state index contributed by atoms with van der Waals surface area (Å²) in [5, 5.41) is 2.73. The van der Waals surface area contributed by atoms with E-state index in [-0.39, 0.29) is 17.0 Å². The van der Waals surface area contributed by atoms with Gasteiger partial charge >= 0.3 is 0 Å². The molecular weight excluding hydrogens is 427 g/mol. The third kappa shape index (κ3) is 5.81. The van der Waals surface area contributed by atoms with Crippen molar-refractivity contribution < 1.29 is 17.6 Å². The lowest BCUT2D eigenvalue weighted by molar-refractivity contribution is -0.116. The van der Waals surface area contributed by atoms with Crippen molar-refractivity contribution in [2.24, 2.45) is 0 Å². The lowest BCUT2D eigenvalue weighted by Gasteiger charge is -2.22. The molecule has 0 aliphatic carbocycles. The van der Waals surface area contributed by atoms with Gasteiger partial charge in [-0.05, 0) is 48.7 Å². The number of benzene rings is 3. The monoisotopic (exact) mass is 454 g/mol. The Kier molecular flexibility index (Phi) is 7.43. The molecule has 1 amide bonds. The van der Waals surface area contributed by atoms with Crippen molar-refractivity contribution in [2.75, 3.05) is 11.9 Å². The second kappa shape index (κ2) is 10.1. The number of amides is 1. The van der Waals surface area contributed by atoms with Gasteiger partial charge in [0.15, 0.2) is 0 Å². The highest BCUT2D eigenvalue weighted by Gasteiger charge is 2.27. The number of nitrogens with zero attached hydrogens (tertiary/aromatic N) is 1. The van der Waals surface area contributed by atoms with Crippen molar-refractivity contribution >= 4 is 21.6 Å². The number of carbonyl (C=O) groups is 1. The van der Waals surface area contributed by atoms with E-state index < -0.39 is 28.3 Å². The normalized spacial score (nSPS) is 11.7. The van der Waals surface area contributed by atoms with Crippen LogP contribution >= 0.6 is 0 Å². The topological polar surface area (TPSA) is 66.5 Å². The second-order valence-corrected chi connectivity index (χ2v) is 9.94. The maximum absolute atomic E-state index is 14.3. The molecule has 32 heavy (non-hydrogen) atoms. The summed E-state index contributed by atoms with van der Waals surface area (Å²) in [5.74, 6) is -0.675. The minimum absolute atomic E-state index is 0.0496. The van der Waals surface area contributed by atoms with E-state index >= 15 is 0 Å². The summed E-state index contributed by atoms with van der Waals surface area (Å²) in [4.78, 5) is 12.8. The zero-order valence-corrected chi connectivity index (χ0v) is 19.2. The molecule has 0 unspecified atom stereocenters. The molecule has 3 aromatic carbocycles. The fraction of sp³-hybridized carbons (Fsp3) is 0.240. The van der Waals surface area contributed by atoms with Crippen LogP contribution in [0, 0.1) is 12.7 Å². The summed E-state index contributed by atoms with van der Waals surface area (Å²) in [7, 11) is -4.03. The number of anilines is 1. The molecule has 1 N–H and O–H groups in total. The largest absolute Gasteiger partial charge is 0.325 e. The molecule has 3 aromatic rings. The molecule has 0 aliphatic rings. The smallest absolute Gasteiger partial charge is 0.243 e. The average Bonchev–Trinajstić information content (AvgIpc) is 2.75. The standard InChI is InChI=1S/C25H27FN2O3S/c1-18(2)20-10-12-22(13-11-20)27-25(29)17-28(16-21-6-4-5-7-24(21)26)32(30,31)23-14-8-19(3)9-15-23/h4-15,18H,16-17H2,1-3H3,(H,27,29). The molecule has 0 aromatic heterocycles. The van der Waals surface area contributed by atoms with Gasteiger partial charge in [0.1, 0.15) is 5.82 Å². The van der Waals surface area contributed by atoms with Gasteiger partial charge in [-0.3, -0.25) is 4.79 Å². The number of aryl methyl sites for hydroxylation is 1. The molecule has 7 heteroatoms. The Bertz CT molecular complexity index is 1170. The van der Waals surface area contributed by atoms with Crippen LogP contribution in [0.25, 0.3) is 0 Å². The predicted molar refractivity (Wildman–Crippen MR) is 124 cm³/mol. The van der Waals surface area contributed by atoms with Crippen LogP contribution < -0.4 is 5.32 Å². The molecule has 0 aliphatic heterocycles. The summed E-state index contributed by atoms with van der Waals surface area (Å²) >= 11 is 0. The zero-order valence-electron chi connectivity index (χ0n) is 18.4. The first-order valence-corrected chi connectivity index (χ1v) is 11.8. The van der Waals surface area contributed by atoms with Gasteiger partial charge in [-0.1, -0.05) is 61.9 Å². The summed E-state index contributed by atoms with van der Waals surface area (Å²) in [5.41, 5.74) is 2.80. The lowest BCUT2D eigenvalue weighted by Crippen LogP contribution is -2.37. The van der Waals surface area contributed by atoms with Gasteiger partial charge in [-0.15, -0.1) is 0 Å². The number of rotatable bonds is 8. The first-order chi connectivity index (χ1) is 15.2. The second-order valence-electron chi connectivity index (χ2n) is 8.00. The van der Waals surface area contributed by atoms with Gasteiger partial charge in [0, 0.05) is 17.8 Å². The third-order valence-corrected chi connectivity index (χ3v) is 6.95. The van der Waals surface area contributed by atoms with Crippen LogP contribution in [0.2, 0.25) is 0 Å². The average molecular weight is 455 g/mol. The molecule has 0 saturated carbocycles. The van der Waals surface area contributed by atoms with E-state index in [1.54, 1.807) is 30.3 Å². The molecule has 0 fully saturated rings. The highest BCUT2D eigenvalue weighted by molar-refractivity contribution is 7.89.